The van der Waals surface area contributed by atoms with Crippen molar-refractivity contribution in [3.63, 3.8) is 0 Å². The lowest BCUT2D eigenvalue weighted by molar-refractivity contribution is 0.0267. The summed E-state index contributed by atoms with van der Waals surface area (Å²) in [6.45, 7) is 0. The molecular weight excluding hydrogens is 242 g/mol. The summed E-state index contributed by atoms with van der Waals surface area (Å²) < 4.78 is 10.9. The summed E-state index contributed by atoms with van der Waals surface area (Å²) in [6, 6.07) is 8.05. The van der Waals surface area contributed by atoms with Crippen LogP contribution in [0, 0.1) is 0 Å². The normalized spacial score (nSPS) is 29.0. The number of hydrogen-bond acceptors (Lipinski definition) is 4. The first kappa shape index (κ1) is 12.5. The fourth-order valence-electron chi connectivity index (χ4n) is 3.12. The minimum Gasteiger partial charge on any atom is -0.496 e. The van der Waals surface area contributed by atoms with E-state index in [0.717, 1.165) is 12.8 Å². The Labute approximate surface area is 113 Å². The van der Waals surface area contributed by atoms with E-state index in [1.165, 1.54) is 12.8 Å². The maximum absolute atomic E-state index is 12.2. The van der Waals surface area contributed by atoms with Crippen molar-refractivity contribution < 1.29 is 14.3 Å². The zero-order chi connectivity index (χ0) is 13.2. The topological polar surface area (TPSA) is 47.6 Å². The molecule has 1 aromatic carbocycles. The Balaban J connectivity index is 1.71. The lowest BCUT2D eigenvalue weighted by Crippen LogP contribution is -2.38. The number of hydrogen-bond donors (Lipinski definition) is 1. The number of fused-ring (bicyclic) bond motifs is 2. The Morgan fingerprint density at radius 1 is 1.32 bits per heavy atom. The molecule has 0 amide bonds. The highest BCUT2D eigenvalue weighted by molar-refractivity contribution is 5.92. The molecule has 0 saturated carbocycles. The fraction of sp³-hybridized carbons (Fsp3) is 0.533. The Bertz CT molecular complexity index is 474. The van der Waals surface area contributed by atoms with E-state index in [9.17, 15) is 4.79 Å². The third kappa shape index (κ3) is 2.45. The minimum atomic E-state index is -0.281. The third-order valence-corrected chi connectivity index (χ3v) is 4.07. The first-order valence-corrected chi connectivity index (χ1v) is 6.88. The second kappa shape index (κ2) is 5.21. The Hall–Kier alpha value is -1.55. The summed E-state index contributed by atoms with van der Waals surface area (Å²) in [4.78, 5) is 12.2. The molecule has 2 heterocycles. The Morgan fingerprint density at radius 2 is 2.16 bits per heavy atom. The molecular formula is C15H19NO3. The largest absolute Gasteiger partial charge is 0.496 e. The van der Waals surface area contributed by atoms with Gasteiger partial charge in [0.1, 0.15) is 17.4 Å². The molecule has 4 heteroatoms. The molecule has 1 aromatic rings. The lowest BCUT2D eigenvalue weighted by Gasteiger charge is -2.22. The number of nitrogens with one attached hydrogen (secondary N) is 1. The van der Waals surface area contributed by atoms with Crippen molar-refractivity contribution >= 4 is 5.97 Å². The average Bonchev–Trinajstić information content (AvgIpc) is 2.72. The standard InChI is InChI=1S/C15H19NO3/c1-18-13-8-3-2-6-11(13)15(17)19-14-9-10-5-4-7-12(14)16-10/h2-3,6,8,10,12,14,16H,4-5,7,9H2,1H3/t10-,12+,14-/m0/s1. The molecule has 0 aliphatic carbocycles. The molecule has 2 saturated heterocycles. The van der Waals surface area contributed by atoms with Crippen molar-refractivity contribution in [1.29, 1.82) is 0 Å². The van der Waals surface area contributed by atoms with E-state index < -0.39 is 0 Å². The number of carbonyl (C=O) groups is 1. The van der Waals surface area contributed by atoms with Gasteiger partial charge in [0, 0.05) is 18.5 Å². The summed E-state index contributed by atoms with van der Waals surface area (Å²) in [6.07, 6.45) is 4.46. The zero-order valence-electron chi connectivity index (χ0n) is 11.1. The molecule has 3 rings (SSSR count). The van der Waals surface area contributed by atoms with Gasteiger partial charge in [-0.25, -0.2) is 4.79 Å². The number of carbonyl (C=O) groups excluding carboxylic acids is 1. The quantitative estimate of drug-likeness (QED) is 0.847. The smallest absolute Gasteiger partial charge is 0.342 e. The first-order valence-electron chi connectivity index (χ1n) is 6.88. The predicted molar refractivity (Wildman–Crippen MR) is 71.4 cm³/mol. The highest BCUT2D eigenvalue weighted by atomic mass is 16.5. The second-order valence-electron chi connectivity index (χ2n) is 5.28. The molecule has 0 radical (unpaired) electrons. The lowest BCUT2D eigenvalue weighted by atomic mass is 10.1. The van der Waals surface area contributed by atoms with Gasteiger partial charge in [-0.2, -0.15) is 0 Å². The minimum absolute atomic E-state index is 0.00455. The molecule has 2 aliphatic heterocycles. The van der Waals surface area contributed by atoms with Gasteiger partial charge in [0.25, 0.3) is 0 Å². The average molecular weight is 261 g/mol. The summed E-state index contributed by atoms with van der Waals surface area (Å²) in [5.41, 5.74) is 0.506. The van der Waals surface area contributed by atoms with Crippen molar-refractivity contribution in [2.75, 3.05) is 7.11 Å². The van der Waals surface area contributed by atoms with Gasteiger partial charge in [0.2, 0.25) is 0 Å². The maximum Gasteiger partial charge on any atom is 0.342 e. The van der Waals surface area contributed by atoms with Crippen LogP contribution in [0.25, 0.3) is 0 Å². The highest BCUT2D eigenvalue weighted by Gasteiger charge is 2.39. The molecule has 0 spiro atoms. The SMILES string of the molecule is COc1ccccc1C(=O)O[C@H]1C[C@@H]2CCC[C@H]1N2. The van der Waals surface area contributed by atoms with Gasteiger partial charge in [0.05, 0.1) is 7.11 Å². The van der Waals surface area contributed by atoms with Crippen LogP contribution in [0.4, 0.5) is 0 Å². The fourth-order valence-corrected chi connectivity index (χ4v) is 3.12. The van der Waals surface area contributed by atoms with Gasteiger partial charge in [-0.05, 0) is 25.0 Å². The van der Waals surface area contributed by atoms with Crippen LogP contribution in [0.5, 0.6) is 5.75 Å². The molecule has 2 aliphatic rings. The van der Waals surface area contributed by atoms with Crippen LogP contribution in [-0.2, 0) is 4.74 Å². The van der Waals surface area contributed by atoms with E-state index in [4.69, 9.17) is 9.47 Å². The van der Waals surface area contributed by atoms with Gasteiger partial charge in [-0.3, -0.25) is 0 Å². The number of esters is 1. The molecule has 102 valence electrons. The number of piperidine rings is 1. The van der Waals surface area contributed by atoms with E-state index >= 15 is 0 Å². The number of ether oxygens (including phenoxy) is 2. The Kier molecular flexibility index (Phi) is 3.42. The van der Waals surface area contributed by atoms with Crippen LogP contribution in [0.15, 0.2) is 24.3 Å². The van der Waals surface area contributed by atoms with E-state index in [0.29, 0.717) is 23.4 Å². The van der Waals surface area contributed by atoms with Crippen LogP contribution in [0.3, 0.4) is 0 Å². The Morgan fingerprint density at radius 3 is 2.95 bits per heavy atom. The van der Waals surface area contributed by atoms with Crippen molar-refractivity contribution in [3.05, 3.63) is 29.8 Å². The van der Waals surface area contributed by atoms with Gasteiger partial charge in [-0.1, -0.05) is 18.6 Å². The number of methoxy groups -OCH3 is 1. The van der Waals surface area contributed by atoms with Gasteiger partial charge in [0.15, 0.2) is 0 Å². The van der Waals surface area contributed by atoms with Gasteiger partial charge in [-0.15, -0.1) is 0 Å². The molecule has 3 atom stereocenters. The highest BCUT2D eigenvalue weighted by Crippen LogP contribution is 2.30. The monoisotopic (exact) mass is 261 g/mol. The van der Waals surface area contributed by atoms with E-state index in [1.807, 2.05) is 12.1 Å². The molecule has 1 N–H and O–H groups in total. The number of rotatable bonds is 3. The van der Waals surface area contributed by atoms with Crippen LogP contribution in [0.1, 0.15) is 36.0 Å². The summed E-state index contributed by atoms with van der Waals surface area (Å²) in [5, 5.41) is 3.52. The summed E-state index contributed by atoms with van der Waals surface area (Å²) >= 11 is 0. The molecule has 4 nitrogen and oxygen atoms in total. The third-order valence-electron chi connectivity index (χ3n) is 4.07. The van der Waals surface area contributed by atoms with Gasteiger partial charge >= 0.3 is 5.97 Å². The van der Waals surface area contributed by atoms with Crippen molar-refractivity contribution in [1.82, 2.24) is 5.32 Å². The summed E-state index contributed by atoms with van der Waals surface area (Å²) in [5.74, 6) is 0.290. The van der Waals surface area contributed by atoms with Crippen LogP contribution in [-0.4, -0.2) is 31.3 Å². The van der Waals surface area contributed by atoms with Crippen LogP contribution < -0.4 is 10.1 Å². The van der Waals surface area contributed by atoms with Crippen molar-refractivity contribution in [2.24, 2.45) is 0 Å². The zero-order valence-corrected chi connectivity index (χ0v) is 11.1. The molecule has 0 unspecified atom stereocenters. The van der Waals surface area contributed by atoms with Crippen molar-refractivity contribution in [3.8, 4) is 5.75 Å². The number of benzene rings is 1. The summed E-state index contributed by atoms with van der Waals surface area (Å²) in [7, 11) is 1.57. The van der Waals surface area contributed by atoms with Crippen LogP contribution >= 0.6 is 0 Å². The molecule has 2 bridgehead atoms. The van der Waals surface area contributed by atoms with Gasteiger partial charge < -0.3 is 14.8 Å². The maximum atomic E-state index is 12.2. The molecule has 19 heavy (non-hydrogen) atoms. The van der Waals surface area contributed by atoms with Crippen molar-refractivity contribution in [2.45, 2.75) is 43.9 Å². The van der Waals surface area contributed by atoms with Crippen LogP contribution in [0.2, 0.25) is 0 Å². The van der Waals surface area contributed by atoms with E-state index in [-0.39, 0.29) is 12.1 Å². The molecule has 0 aromatic heterocycles. The second-order valence-corrected chi connectivity index (χ2v) is 5.28. The van der Waals surface area contributed by atoms with E-state index in [2.05, 4.69) is 5.32 Å². The van der Waals surface area contributed by atoms with E-state index in [1.54, 1.807) is 19.2 Å². The molecule has 2 fully saturated rings. The number of para-hydroxylation sites is 1. The predicted octanol–water partition coefficient (Wildman–Crippen LogP) is 2.13. The first-order chi connectivity index (χ1) is 9.28.